The van der Waals surface area contributed by atoms with Crippen molar-refractivity contribution in [3.8, 4) is 11.5 Å². The molecule has 3 aromatic rings. The van der Waals surface area contributed by atoms with Crippen molar-refractivity contribution in [1.29, 1.82) is 0 Å². The van der Waals surface area contributed by atoms with E-state index in [4.69, 9.17) is 10.5 Å². The number of anilines is 1. The number of rotatable bonds is 12. The van der Waals surface area contributed by atoms with Gasteiger partial charge in [0.25, 0.3) is 5.91 Å². The summed E-state index contributed by atoms with van der Waals surface area (Å²) in [5.74, 6) is 1.28. The van der Waals surface area contributed by atoms with Crippen LogP contribution < -0.4 is 15.4 Å². The molecule has 3 rings (SSSR count). The fraction of sp³-hybridized carbons (Fsp3) is 0.290. The molecule has 0 saturated heterocycles. The first-order valence-corrected chi connectivity index (χ1v) is 12.4. The second-order valence-corrected chi connectivity index (χ2v) is 8.78. The number of amides is 1. The number of benzene rings is 2. The Kier molecular flexibility index (Phi) is 12.0. The standard InChI is InChI=1S/C24H31N3O2.C7H8/c1-5-7-14-27(15-8-9-18(3)6-2)23-16-22(21(17-26-23)24(25)28)29-20-12-10-19(4)11-13-20;1-7-5-3-2-4-6-7/h6,10-13,16-17H,2-3,5,7-9,14-15H2,1,4H3,(H2,25,28);2-6H,1H3. The summed E-state index contributed by atoms with van der Waals surface area (Å²) in [5, 5.41) is 0. The Morgan fingerprint density at radius 3 is 2.22 bits per heavy atom. The van der Waals surface area contributed by atoms with E-state index in [1.165, 1.54) is 11.8 Å². The van der Waals surface area contributed by atoms with Gasteiger partial charge in [-0.1, -0.05) is 91.7 Å². The van der Waals surface area contributed by atoms with E-state index in [1.54, 1.807) is 12.1 Å². The molecule has 5 heteroatoms. The molecule has 0 bridgehead atoms. The summed E-state index contributed by atoms with van der Waals surface area (Å²) in [6, 6.07) is 19.7. The van der Waals surface area contributed by atoms with Crippen molar-refractivity contribution < 1.29 is 9.53 Å². The Balaban J connectivity index is 0.000000558. The molecule has 1 heterocycles. The lowest BCUT2D eigenvalue weighted by molar-refractivity contribution is 0.0997. The summed E-state index contributed by atoms with van der Waals surface area (Å²) in [6.45, 7) is 15.7. The second kappa shape index (κ2) is 15.2. The minimum absolute atomic E-state index is 0.268. The summed E-state index contributed by atoms with van der Waals surface area (Å²) in [4.78, 5) is 18.6. The molecule has 0 atom stereocenters. The first-order valence-electron chi connectivity index (χ1n) is 12.4. The Hall–Kier alpha value is -3.86. The van der Waals surface area contributed by atoms with Crippen LogP contribution >= 0.6 is 0 Å². The number of primary amides is 1. The van der Waals surface area contributed by atoms with Crippen LogP contribution in [0.15, 0.2) is 91.7 Å². The first-order chi connectivity index (χ1) is 17.3. The maximum absolute atomic E-state index is 11.9. The van der Waals surface area contributed by atoms with Crippen molar-refractivity contribution in [2.75, 3.05) is 18.0 Å². The normalized spacial score (nSPS) is 10.1. The van der Waals surface area contributed by atoms with Crippen LogP contribution in [0.3, 0.4) is 0 Å². The Labute approximate surface area is 216 Å². The molecule has 0 aliphatic heterocycles. The van der Waals surface area contributed by atoms with Gasteiger partial charge in [0.1, 0.15) is 22.9 Å². The van der Waals surface area contributed by atoms with Gasteiger partial charge in [-0.15, -0.1) is 0 Å². The van der Waals surface area contributed by atoms with Crippen LogP contribution in [-0.4, -0.2) is 24.0 Å². The molecule has 2 N–H and O–H groups in total. The number of pyridine rings is 1. The molecule has 0 saturated carbocycles. The van der Waals surface area contributed by atoms with Crippen LogP contribution in [0.1, 0.15) is 54.1 Å². The third-order valence-electron chi connectivity index (χ3n) is 5.63. The molecule has 0 aliphatic rings. The highest BCUT2D eigenvalue weighted by Crippen LogP contribution is 2.29. The Morgan fingerprint density at radius 1 is 1.03 bits per heavy atom. The molecular formula is C31H39N3O2. The highest BCUT2D eigenvalue weighted by atomic mass is 16.5. The van der Waals surface area contributed by atoms with Crippen molar-refractivity contribution in [3.63, 3.8) is 0 Å². The summed E-state index contributed by atoms with van der Waals surface area (Å²) >= 11 is 0. The van der Waals surface area contributed by atoms with Crippen LogP contribution in [0.5, 0.6) is 11.5 Å². The van der Waals surface area contributed by atoms with Crippen molar-refractivity contribution in [1.82, 2.24) is 4.98 Å². The Morgan fingerprint density at radius 2 is 1.67 bits per heavy atom. The predicted octanol–water partition coefficient (Wildman–Crippen LogP) is 7.41. The Bertz CT molecular complexity index is 1110. The van der Waals surface area contributed by atoms with E-state index in [9.17, 15) is 4.79 Å². The van der Waals surface area contributed by atoms with Crippen molar-refractivity contribution in [3.05, 3.63) is 108 Å². The number of carbonyl (C=O) groups excluding carboxylic acids is 1. The van der Waals surface area contributed by atoms with E-state index >= 15 is 0 Å². The second-order valence-electron chi connectivity index (χ2n) is 8.78. The maximum atomic E-state index is 11.9. The van der Waals surface area contributed by atoms with E-state index in [2.05, 4.69) is 49.0 Å². The molecule has 1 amide bonds. The largest absolute Gasteiger partial charge is 0.456 e. The van der Waals surface area contributed by atoms with E-state index in [1.807, 2.05) is 49.4 Å². The molecule has 2 aromatic carbocycles. The number of hydrogen-bond donors (Lipinski definition) is 1. The van der Waals surface area contributed by atoms with Gasteiger partial charge in [0.05, 0.1) is 0 Å². The monoisotopic (exact) mass is 485 g/mol. The van der Waals surface area contributed by atoms with Gasteiger partial charge in [0, 0.05) is 25.4 Å². The lowest BCUT2D eigenvalue weighted by Gasteiger charge is -2.24. The average molecular weight is 486 g/mol. The molecule has 36 heavy (non-hydrogen) atoms. The lowest BCUT2D eigenvalue weighted by atomic mass is 10.1. The number of aromatic nitrogens is 1. The number of carbonyl (C=O) groups is 1. The molecule has 0 radical (unpaired) electrons. The van der Waals surface area contributed by atoms with Gasteiger partial charge in [-0.25, -0.2) is 4.98 Å². The molecule has 0 unspecified atom stereocenters. The van der Waals surface area contributed by atoms with Gasteiger partial charge in [0.15, 0.2) is 0 Å². The fourth-order valence-corrected chi connectivity index (χ4v) is 3.43. The quantitative estimate of drug-likeness (QED) is 0.271. The van der Waals surface area contributed by atoms with Crippen LogP contribution in [0, 0.1) is 13.8 Å². The molecule has 0 fully saturated rings. The molecule has 0 spiro atoms. The number of hydrogen-bond acceptors (Lipinski definition) is 4. The SMILES string of the molecule is C=CC(=C)CCCN(CCCC)c1cc(Oc2ccc(C)cc2)c(C(N)=O)cn1.Cc1ccccc1. The van der Waals surface area contributed by atoms with E-state index in [-0.39, 0.29) is 5.56 Å². The van der Waals surface area contributed by atoms with Crippen LogP contribution in [0.25, 0.3) is 0 Å². The lowest BCUT2D eigenvalue weighted by Crippen LogP contribution is -2.27. The van der Waals surface area contributed by atoms with Crippen LogP contribution in [0.2, 0.25) is 0 Å². The number of allylic oxidation sites excluding steroid dienone is 2. The maximum Gasteiger partial charge on any atom is 0.254 e. The zero-order valence-electron chi connectivity index (χ0n) is 21.9. The summed E-state index contributed by atoms with van der Waals surface area (Å²) in [7, 11) is 0. The zero-order chi connectivity index (χ0) is 26.3. The number of nitrogens with zero attached hydrogens (tertiary/aromatic N) is 2. The summed E-state index contributed by atoms with van der Waals surface area (Å²) in [5.41, 5.74) is 9.29. The smallest absolute Gasteiger partial charge is 0.254 e. The number of unbranched alkanes of at least 4 members (excludes halogenated alkanes) is 1. The fourth-order valence-electron chi connectivity index (χ4n) is 3.43. The van der Waals surface area contributed by atoms with E-state index in [0.717, 1.165) is 55.7 Å². The first kappa shape index (κ1) is 28.4. The third kappa shape index (κ3) is 9.79. The number of nitrogens with two attached hydrogens (primary N) is 1. The number of ether oxygens (including phenoxy) is 1. The minimum Gasteiger partial charge on any atom is -0.456 e. The predicted molar refractivity (Wildman–Crippen MR) is 151 cm³/mol. The molecular weight excluding hydrogens is 446 g/mol. The van der Waals surface area contributed by atoms with Gasteiger partial charge >= 0.3 is 0 Å². The summed E-state index contributed by atoms with van der Waals surface area (Å²) < 4.78 is 5.99. The zero-order valence-corrected chi connectivity index (χ0v) is 21.9. The molecule has 1 aromatic heterocycles. The van der Waals surface area contributed by atoms with Crippen LogP contribution in [-0.2, 0) is 0 Å². The minimum atomic E-state index is -0.562. The third-order valence-corrected chi connectivity index (χ3v) is 5.63. The topological polar surface area (TPSA) is 68.5 Å². The van der Waals surface area contributed by atoms with E-state index < -0.39 is 5.91 Å². The van der Waals surface area contributed by atoms with Gasteiger partial charge in [-0.2, -0.15) is 0 Å². The molecule has 190 valence electrons. The van der Waals surface area contributed by atoms with Gasteiger partial charge in [0.2, 0.25) is 0 Å². The number of aryl methyl sites for hydroxylation is 2. The average Bonchev–Trinajstić information content (AvgIpc) is 2.88. The van der Waals surface area contributed by atoms with Gasteiger partial charge < -0.3 is 15.4 Å². The van der Waals surface area contributed by atoms with Crippen LogP contribution in [0.4, 0.5) is 5.82 Å². The van der Waals surface area contributed by atoms with Crippen molar-refractivity contribution >= 4 is 11.7 Å². The van der Waals surface area contributed by atoms with E-state index in [0.29, 0.717) is 11.5 Å². The highest BCUT2D eigenvalue weighted by Gasteiger charge is 2.16. The van der Waals surface area contributed by atoms with Gasteiger partial charge in [-0.05, 0) is 45.2 Å². The molecule has 5 nitrogen and oxygen atoms in total. The van der Waals surface area contributed by atoms with Crippen molar-refractivity contribution in [2.45, 2.75) is 46.5 Å². The van der Waals surface area contributed by atoms with Gasteiger partial charge in [-0.3, -0.25) is 4.79 Å². The summed E-state index contributed by atoms with van der Waals surface area (Å²) in [6.07, 6.45) is 7.27. The van der Waals surface area contributed by atoms with Crippen molar-refractivity contribution in [2.24, 2.45) is 5.73 Å². The molecule has 0 aliphatic carbocycles. The highest BCUT2D eigenvalue weighted by molar-refractivity contribution is 5.95.